The second-order valence-corrected chi connectivity index (χ2v) is 4.88. The van der Waals surface area contributed by atoms with E-state index >= 15 is 0 Å². The Hall–Kier alpha value is -2.00. The zero-order valence-corrected chi connectivity index (χ0v) is 13.0. The molecule has 21 heavy (non-hydrogen) atoms. The monoisotopic (exact) mass is 285 g/mol. The van der Waals surface area contributed by atoms with Gasteiger partial charge in [-0.3, -0.25) is 0 Å². The van der Waals surface area contributed by atoms with Gasteiger partial charge in [-0.1, -0.05) is 43.3 Å². The fourth-order valence-corrected chi connectivity index (χ4v) is 2.50. The van der Waals surface area contributed by atoms with Gasteiger partial charge < -0.3 is 14.8 Å². The summed E-state index contributed by atoms with van der Waals surface area (Å²) in [5, 5.41) is 3.48. The highest BCUT2D eigenvalue weighted by atomic mass is 16.5. The van der Waals surface area contributed by atoms with Crippen molar-refractivity contribution in [1.82, 2.24) is 5.32 Å². The summed E-state index contributed by atoms with van der Waals surface area (Å²) in [6.07, 6.45) is 1.06. The zero-order chi connectivity index (χ0) is 15.1. The SMILES string of the molecule is CCc1ccccc1CNCc1cccc(OC)c1OC. The van der Waals surface area contributed by atoms with Gasteiger partial charge in [-0.05, 0) is 23.6 Å². The van der Waals surface area contributed by atoms with Crippen LogP contribution in [0.4, 0.5) is 0 Å². The van der Waals surface area contributed by atoms with E-state index in [1.165, 1.54) is 11.1 Å². The fourth-order valence-electron chi connectivity index (χ4n) is 2.50. The van der Waals surface area contributed by atoms with E-state index < -0.39 is 0 Å². The number of benzene rings is 2. The Labute approximate surface area is 126 Å². The molecule has 0 amide bonds. The van der Waals surface area contributed by atoms with E-state index in [2.05, 4.69) is 42.6 Å². The molecule has 0 saturated carbocycles. The van der Waals surface area contributed by atoms with Crippen molar-refractivity contribution in [3.63, 3.8) is 0 Å². The van der Waals surface area contributed by atoms with Gasteiger partial charge in [-0.25, -0.2) is 0 Å². The number of para-hydroxylation sites is 1. The zero-order valence-electron chi connectivity index (χ0n) is 13.0. The van der Waals surface area contributed by atoms with Crippen LogP contribution in [0.5, 0.6) is 11.5 Å². The van der Waals surface area contributed by atoms with Crippen molar-refractivity contribution in [2.45, 2.75) is 26.4 Å². The highest BCUT2D eigenvalue weighted by Crippen LogP contribution is 2.30. The lowest BCUT2D eigenvalue weighted by Crippen LogP contribution is -2.14. The molecule has 2 aromatic rings. The van der Waals surface area contributed by atoms with Crippen molar-refractivity contribution in [2.24, 2.45) is 0 Å². The molecule has 0 bridgehead atoms. The third kappa shape index (κ3) is 3.76. The lowest BCUT2D eigenvalue weighted by Gasteiger charge is -2.14. The molecule has 2 rings (SSSR count). The van der Waals surface area contributed by atoms with Crippen molar-refractivity contribution in [1.29, 1.82) is 0 Å². The topological polar surface area (TPSA) is 30.5 Å². The molecule has 0 aliphatic carbocycles. The standard InChI is InChI=1S/C18H23NO2/c1-4-14-8-5-6-9-15(14)12-19-13-16-10-7-11-17(20-2)18(16)21-3/h5-11,19H,4,12-13H2,1-3H3. The van der Waals surface area contributed by atoms with Gasteiger partial charge in [0.25, 0.3) is 0 Å². The van der Waals surface area contributed by atoms with Crippen molar-refractivity contribution < 1.29 is 9.47 Å². The van der Waals surface area contributed by atoms with Crippen LogP contribution in [-0.4, -0.2) is 14.2 Å². The van der Waals surface area contributed by atoms with Crippen molar-refractivity contribution >= 4 is 0 Å². The van der Waals surface area contributed by atoms with Crippen LogP contribution >= 0.6 is 0 Å². The molecule has 0 unspecified atom stereocenters. The normalized spacial score (nSPS) is 10.4. The minimum Gasteiger partial charge on any atom is -0.493 e. The number of aryl methyl sites for hydroxylation is 1. The fraction of sp³-hybridized carbons (Fsp3) is 0.333. The number of rotatable bonds is 7. The van der Waals surface area contributed by atoms with Crippen molar-refractivity contribution in [3.8, 4) is 11.5 Å². The average molecular weight is 285 g/mol. The number of hydrogen-bond donors (Lipinski definition) is 1. The maximum atomic E-state index is 5.45. The summed E-state index contributed by atoms with van der Waals surface area (Å²) in [5.41, 5.74) is 3.84. The first kappa shape index (κ1) is 15.4. The van der Waals surface area contributed by atoms with Gasteiger partial charge in [-0.2, -0.15) is 0 Å². The van der Waals surface area contributed by atoms with Crippen LogP contribution in [0.15, 0.2) is 42.5 Å². The van der Waals surface area contributed by atoms with E-state index in [0.717, 1.165) is 36.6 Å². The molecular weight excluding hydrogens is 262 g/mol. The number of hydrogen-bond acceptors (Lipinski definition) is 3. The number of ether oxygens (including phenoxy) is 2. The lowest BCUT2D eigenvalue weighted by molar-refractivity contribution is 0.350. The molecule has 0 spiro atoms. The Bertz CT molecular complexity index is 581. The molecular formula is C18H23NO2. The first-order chi connectivity index (χ1) is 10.3. The Balaban J connectivity index is 2.04. The van der Waals surface area contributed by atoms with Gasteiger partial charge in [0.15, 0.2) is 11.5 Å². The Morgan fingerprint density at radius 2 is 1.48 bits per heavy atom. The van der Waals surface area contributed by atoms with Gasteiger partial charge in [-0.15, -0.1) is 0 Å². The van der Waals surface area contributed by atoms with Crippen molar-refractivity contribution in [3.05, 3.63) is 59.2 Å². The molecule has 0 aliphatic heterocycles. The highest BCUT2D eigenvalue weighted by molar-refractivity contribution is 5.46. The molecule has 0 radical (unpaired) electrons. The van der Waals surface area contributed by atoms with Gasteiger partial charge >= 0.3 is 0 Å². The van der Waals surface area contributed by atoms with Crippen LogP contribution in [0.1, 0.15) is 23.6 Å². The molecule has 112 valence electrons. The summed E-state index contributed by atoms with van der Waals surface area (Å²) in [7, 11) is 3.33. The summed E-state index contributed by atoms with van der Waals surface area (Å²) in [6.45, 7) is 3.78. The van der Waals surface area contributed by atoms with Crippen LogP contribution in [0.2, 0.25) is 0 Å². The molecule has 3 heteroatoms. The van der Waals surface area contributed by atoms with E-state index in [9.17, 15) is 0 Å². The van der Waals surface area contributed by atoms with E-state index in [0.29, 0.717) is 0 Å². The molecule has 0 aromatic heterocycles. The number of methoxy groups -OCH3 is 2. The van der Waals surface area contributed by atoms with E-state index in [4.69, 9.17) is 9.47 Å². The maximum absolute atomic E-state index is 5.45. The molecule has 0 heterocycles. The quantitative estimate of drug-likeness (QED) is 0.844. The summed E-state index contributed by atoms with van der Waals surface area (Å²) >= 11 is 0. The Morgan fingerprint density at radius 1 is 0.810 bits per heavy atom. The molecule has 0 saturated heterocycles. The molecule has 1 N–H and O–H groups in total. The molecule has 0 aliphatic rings. The Morgan fingerprint density at radius 3 is 2.14 bits per heavy atom. The largest absolute Gasteiger partial charge is 0.493 e. The first-order valence-electron chi connectivity index (χ1n) is 7.27. The summed E-state index contributed by atoms with van der Waals surface area (Å²) in [5.74, 6) is 1.57. The molecule has 0 fully saturated rings. The second-order valence-electron chi connectivity index (χ2n) is 4.88. The van der Waals surface area contributed by atoms with Gasteiger partial charge in [0.2, 0.25) is 0 Å². The van der Waals surface area contributed by atoms with Gasteiger partial charge in [0.1, 0.15) is 0 Å². The predicted molar refractivity (Wildman–Crippen MR) is 85.9 cm³/mol. The first-order valence-corrected chi connectivity index (χ1v) is 7.27. The Kier molecular flexibility index (Phi) is 5.64. The van der Waals surface area contributed by atoms with Gasteiger partial charge in [0.05, 0.1) is 14.2 Å². The average Bonchev–Trinajstić information content (AvgIpc) is 2.54. The molecule has 3 nitrogen and oxygen atoms in total. The van der Waals surface area contributed by atoms with E-state index in [-0.39, 0.29) is 0 Å². The predicted octanol–water partition coefficient (Wildman–Crippen LogP) is 3.56. The van der Waals surface area contributed by atoms with E-state index in [1.807, 2.05) is 12.1 Å². The summed E-state index contributed by atoms with van der Waals surface area (Å²) in [6, 6.07) is 14.5. The second kappa shape index (κ2) is 7.70. The van der Waals surface area contributed by atoms with Crippen LogP contribution < -0.4 is 14.8 Å². The third-order valence-electron chi connectivity index (χ3n) is 3.61. The van der Waals surface area contributed by atoms with Crippen LogP contribution in [0.25, 0.3) is 0 Å². The van der Waals surface area contributed by atoms with Gasteiger partial charge in [0, 0.05) is 18.7 Å². The smallest absolute Gasteiger partial charge is 0.165 e. The minimum absolute atomic E-state index is 0.748. The maximum Gasteiger partial charge on any atom is 0.165 e. The molecule has 0 atom stereocenters. The minimum atomic E-state index is 0.748. The van der Waals surface area contributed by atoms with Crippen LogP contribution in [0, 0.1) is 0 Å². The third-order valence-corrected chi connectivity index (χ3v) is 3.61. The summed E-state index contributed by atoms with van der Waals surface area (Å²) < 4.78 is 10.8. The lowest BCUT2D eigenvalue weighted by atomic mass is 10.1. The number of nitrogens with one attached hydrogen (secondary N) is 1. The molecule has 2 aromatic carbocycles. The summed E-state index contributed by atoms with van der Waals surface area (Å²) in [4.78, 5) is 0. The van der Waals surface area contributed by atoms with Crippen LogP contribution in [-0.2, 0) is 19.5 Å². The highest BCUT2D eigenvalue weighted by Gasteiger charge is 2.09. The van der Waals surface area contributed by atoms with Crippen molar-refractivity contribution in [2.75, 3.05) is 14.2 Å². The van der Waals surface area contributed by atoms with E-state index in [1.54, 1.807) is 14.2 Å². The van der Waals surface area contributed by atoms with Crippen LogP contribution in [0.3, 0.4) is 0 Å².